The number of hydrogen-bond acceptors (Lipinski definition) is 6. The van der Waals surface area contributed by atoms with Gasteiger partial charge in [-0.2, -0.15) is 0 Å². The zero-order chi connectivity index (χ0) is 52.2. The Kier molecular flexibility index (Phi) is 58.7. The van der Waals surface area contributed by atoms with E-state index in [9.17, 15) is 14.4 Å². The summed E-state index contributed by atoms with van der Waals surface area (Å²) < 4.78 is 16.9. The number of allylic oxidation sites excluding steroid dienone is 8. The first kappa shape index (κ1) is 69.4. The van der Waals surface area contributed by atoms with Gasteiger partial charge in [-0.05, 0) is 83.5 Å². The predicted molar refractivity (Wildman–Crippen MR) is 312 cm³/mol. The third-order valence-electron chi connectivity index (χ3n) is 14.1. The molecule has 0 heterocycles. The van der Waals surface area contributed by atoms with E-state index >= 15 is 0 Å². The van der Waals surface area contributed by atoms with Gasteiger partial charge in [-0.15, -0.1) is 0 Å². The van der Waals surface area contributed by atoms with Crippen molar-refractivity contribution in [2.24, 2.45) is 0 Å². The first-order valence-electron chi connectivity index (χ1n) is 31.6. The van der Waals surface area contributed by atoms with Gasteiger partial charge in [0.25, 0.3) is 0 Å². The van der Waals surface area contributed by atoms with Crippen molar-refractivity contribution in [2.45, 2.75) is 341 Å². The zero-order valence-corrected chi connectivity index (χ0v) is 48.2. The van der Waals surface area contributed by atoms with Crippen LogP contribution in [-0.4, -0.2) is 37.2 Å². The van der Waals surface area contributed by atoms with Crippen molar-refractivity contribution in [3.63, 3.8) is 0 Å². The molecule has 0 aromatic heterocycles. The first-order valence-corrected chi connectivity index (χ1v) is 31.6. The molecule has 0 aromatic rings. The Balaban J connectivity index is 4.32. The van der Waals surface area contributed by atoms with Crippen LogP contribution < -0.4 is 0 Å². The lowest BCUT2D eigenvalue weighted by Gasteiger charge is -2.18. The van der Waals surface area contributed by atoms with Crippen molar-refractivity contribution in [3.8, 4) is 0 Å². The highest BCUT2D eigenvalue weighted by molar-refractivity contribution is 5.71. The Morgan fingerprint density at radius 3 is 0.792 bits per heavy atom. The van der Waals surface area contributed by atoms with Crippen LogP contribution in [-0.2, 0) is 28.6 Å². The Bertz CT molecular complexity index is 1250. The highest BCUT2D eigenvalue weighted by Crippen LogP contribution is 2.17. The summed E-state index contributed by atoms with van der Waals surface area (Å²) in [6.45, 7) is 6.66. The number of esters is 3. The highest BCUT2D eigenvalue weighted by Gasteiger charge is 2.19. The molecule has 1 atom stereocenters. The summed E-state index contributed by atoms with van der Waals surface area (Å²) in [5, 5.41) is 0. The SMILES string of the molecule is CCCCCCC/C=C\C/C=C\C/C=C\CCCCCCCCC(=O)OCC(COC(=O)CCCCCCCCCCCCCC)OC(=O)CCCCCCCCCCC/C=C\CCCCCCCCCC. The molecule has 0 fully saturated rings. The van der Waals surface area contributed by atoms with E-state index in [1.165, 1.54) is 218 Å². The summed E-state index contributed by atoms with van der Waals surface area (Å²) in [7, 11) is 0. The Labute approximate surface area is 448 Å². The minimum atomic E-state index is -0.778. The van der Waals surface area contributed by atoms with E-state index in [0.717, 1.165) is 77.0 Å². The molecular formula is C66H120O6. The van der Waals surface area contributed by atoms with E-state index in [0.29, 0.717) is 19.3 Å². The van der Waals surface area contributed by atoms with Crippen LogP contribution in [0.5, 0.6) is 0 Å². The van der Waals surface area contributed by atoms with Gasteiger partial charge in [0.2, 0.25) is 0 Å². The summed E-state index contributed by atoms with van der Waals surface area (Å²) >= 11 is 0. The summed E-state index contributed by atoms with van der Waals surface area (Å²) in [6.07, 6.45) is 75.4. The Morgan fingerprint density at radius 1 is 0.278 bits per heavy atom. The molecule has 0 rings (SSSR count). The summed E-state index contributed by atoms with van der Waals surface area (Å²) in [5.41, 5.74) is 0. The van der Waals surface area contributed by atoms with Crippen LogP contribution in [0.25, 0.3) is 0 Å². The lowest BCUT2D eigenvalue weighted by Crippen LogP contribution is -2.30. The quantitative estimate of drug-likeness (QED) is 0.0261. The van der Waals surface area contributed by atoms with Gasteiger partial charge in [0.05, 0.1) is 0 Å². The van der Waals surface area contributed by atoms with Crippen LogP contribution in [0.15, 0.2) is 48.6 Å². The smallest absolute Gasteiger partial charge is 0.306 e. The second-order valence-corrected chi connectivity index (χ2v) is 21.3. The lowest BCUT2D eigenvalue weighted by atomic mass is 10.0. The van der Waals surface area contributed by atoms with Crippen molar-refractivity contribution in [3.05, 3.63) is 48.6 Å². The standard InChI is InChI=1S/C66H120O6/c1-4-7-10-13-16-19-22-25-27-29-31-33-35-37-39-41-44-47-50-53-56-59-65(68)71-62-63(61-70-64(67)58-55-52-49-46-43-24-21-18-15-12-9-6-3)72-66(69)60-57-54-51-48-45-42-40-38-36-34-32-30-28-26-23-20-17-14-11-8-5-2/h22,25,29-32,35,37,63H,4-21,23-24,26-28,33-34,36,38-62H2,1-3H3/b25-22-,31-29-,32-30-,37-35-. The number of unbranched alkanes of at least 4 members (excludes halogenated alkanes) is 39. The van der Waals surface area contributed by atoms with Crippen molar-refractivity contribution in [1.82, 2.24) is 0 Å². The summed E-state index contributed by atoms with van der Waals surface area (Å²) in [4.78, 5) is 38.2. The maximum Gasteiger partial charge on any atom is 0.306 e. The third-order valence-corrected chi connectivity index (χ3v) is 14.1. The van der Waals surface area contributed by atoms with Crippen molar-refractivity contribution < 1.29 is 28.6 Å². The van der Waals surface area contributed by atoms with Crippen LogP contribution in [0.2, 0.25) is 0 Å². The topological polar surface area (TPSA) is 78.9 Å². The van der Waals surface area contributed by atoms with Crippen molar-refractivity contribution >= 4 is 17.9 Å². The van der Waals surface area contributed by atoms with Crippen LogP contribution in [0.4, 0.5) is 0 Å². The van der Waals surface area contributed by atoms with Gasteiger partial charge < -0.3 is 14.2 Å². The number of rotatable bonds is 58. The minimum Gasteiger partial charge on any atom is -0.462 e. The minimum absolute atomic E-state index is 0.0749. The molecule has 0 saturated heterocycles. The van der Waals surface area contributed by atoms with Crippen molar-refractivity contribution in [1.29, 1.82) is 0 Å². The molecule has 0 spiro atoms. The molecule has 0 radical (unpaired) electrons. The number of carbonyl (C=O) groups is 3. The number of ether oxygens (including phenoxy) is 3. The molecule has 0 aromatic carbocycles. The Morgan fingerprint density at radius 2 is 0.500 bits per heavy atom. The van der Waals surface area contributed by atoms with Gasteiger partial charge >= 0.3 is 17.9 Å². The molecule has 0 amide bonds. The zero-order valence-electron chi connectivity index (χ0n) is 48.2. The van der Waals surface area contributed by atoms with Gasteiger partial charge in [0, 0.05) is 19.3 Å². The second kappa shape index (κ2) is 60.9. The van der Waals surface area contributed by atoms with Gasteiger partial charge in [-0.25, -0.2) is 0 Å². The lowest BCUT2D eigenvalue weighted by molar-refractivity contribution is -0.167. The average molecular weight is 1010 g/mol. The summed E-state index contributed by atoms with van der Waals surface area (Å²) in [6, 6.07) is 0. The largest absolute Gasteiger partial charge is 0.462 e. The fourth-order valence-corrected chi connectivity index (χ4v) is 9.27. The molecule has 6 heteroatoms. The van der Waals surface area contributed by atoms with E-state index in [1.54, 1.807) is 0 Å². The molecule has 72 heavy (non-hydrogen) atoms. The molecule has 0 aliphatic carbocycles. The second-order valence-electron chi connectivity index (χ2n) is 21.3. The third kappa shape index (κ3) is 58.3. The van der Waals surface area contributed by atoms with Crippen LogP contribution >= 0.6 is 0 Å². The van der Waals surface area contributed by atoms with Gasteiger partial charge in [0.15, 0.2) is 6.10 Å². The normalized spacial score (nSPS) is 12.3. The fraction of sp³-hybridized carbons (Fsp3) is 0.833. The maximum absolute atomic E-state index is 12.9. The fourth-order valence-electron chi connectivity index (χ4n) is 9.27. The van der Waals surface area contributed by atoms with Crippen molar-refractivity contribution in [2.75, 3.05) is 13.2 Å². The number of hydrogen-bond donors (Lipinski definition) is 0. The molecule has 0 aliphatic rings. The average Bonchev–Trinajstić information content (AvgIpc) is 3.38. The molecule has 0 bridgehead atoms. The van der Waals surface area contributed by atoms with Crippen LogP contribution in [0.3, 0.4) is 0 Å². The molecule has 1 unspecified atom stereocenters. The summed E-state index contributed by atoms with van der Waals surface area (Å²) in [5.74, 6) is -0.872. The van der Waals surface area contributed by atoms with Gasteiger partial charge in [-0.3, -0.25) is 14.4 Å². The van der Waals surface area contributed by atoms with Crippen LogP contribution in [0.1, 0.15) is 335 Å². The highest BCUT2D eigenvalue weighted by atomic mass is 16.6. The molecule has 420 valence electrons. The molecule has 0 aliphatic heterocycles. The number of carbonyl (C=O) groups excluding carboxylic acids is 3. The van der Waals surface area contributed by atoms with Gasteiger partial charge in [0.1, 0.15) is 13.2 Å². The van der Waals surface area contributed by atoms with Gasteiger partial charge in [-0.1, -0.05) is 281 Å². The van der Waals surface area contributed by atoms with E-state index in [1.807, 2.05) is 0 Å². The van der Waals surface area contributed by atoms with Crippen LogP contribution in [0, 0.1) is 0 Å². The first-order chi connectivity index (χ1) is 35.5. The Hall–Kier alpha value is -2.63. The van der Waals surface area contributed by atoms with E-state index in [-0.39, 0.29) is 31.1 Å². The monoisotopic (exact) mass is 1010 g/mol. The molecular weight excluding hydrogens is 889 g/mol. The molecule has 0 saturated carbocycles. The molecule has 0 N–H and O–H groups in total. The van der Waals surface area contributed by atoms with E-state index in [2.05, 4.69) is 69.4 Å². The maximum atomic E-state index is 12.9. The van der Waals surface area contributed by atoms with E-state index in [4.69, 9.17) is 14.2 Å². The predicted octanol–water partition coefficient (Wildman–Crippen LogP) is 21.4. The molecule has 6 nitrogen and oxygen atoms in total. The van der Waals surface area contributed by atoms with E-state index < -0.39 is 6.10 Å².